The Labute approximate surface area is 290 Å². The molecule has 1 aliphatic heterocycles. The number of anilines is 1. The van der Waals surface area contributed by atoms with Gasteiger partial charge in [-0.3, -0.25) is 14.9 Å². The van der Waals surface area contributed by atoms with Crippen LogP contribution in [0.4, 0.5) is 23.7 Å². The van der Waals surface area contributed by atoms with Gasteiger partial charge in [-0.25, -0.2) is 4.79 Å². The van der Waals surface area contributed by atoms with Crippen molar-refractivity contribution in [2.75, 3.05) is 19.0 Å². The summed E-state index contributed by atoms with van der Waals surface area (Å²) in [5.41, 5.74) is 5.19. The monoisotopic (exact) mass is 709 g/mol. The molecule has 1 saturated heterocycles. The van der Waals surface area contributed by atoms with Crippen LogP contribution in [0.15, 0.2) is 42.5 Å². The van der Waals surface area contributed by atoms with Crippen LogP contribution >= 0.6 is 11.6 Å². The van der Waals surface area contributed by atoms with E-state index in [1.54, 1.807) is 32.9 Å². The predicted molar refractivity (Wildman–Crippen MR) is 181 cm³/mol. The van der Waals surface area contributed by atoms with Crippen molar-refractivity contribution in [1.29, 1.82) is 0 Å². The summed E-state index contributed by atoms with van der Waals surface area (Å²) < 4.78 is 53.2. The molecule has 1 unspecified atom stereocenters. The van der Waals surface area contributed by atoms with E-state index < -0.39 is 53.9 Å². The summed E-state index contributed by atoms with van der Waals surface area (Å²) in [7, 11) is 1.47. The van der Waals surface area contributed by atoms with Crippen molar-refractivity contribution in [1.82, 2.24) is 15.5 Å². The minimum absolute atomic E-state index is 0.118. The van der Waals surface area contributed by atoms with Gasteiger partial charge in [-0.15, -0.1) is 0 Å². The standard InChI is InChI=1S/C35H47ClF3N5O5/c1-33(2,3)49-32(47)43-34(40,24-9-6-5-7-10-24)31(46)44-18-8-11-28(44)30(45)41-21-23-19-25(36)13-12-22(23)20-29(35(37,38)39)42-26-14-16-27(48-4)17-15-26/h12-17,19,24,28-29,42H,5-11,18,20-21,40H2,1-4H3,(H,41,45)(H,43,47)/t28-,29?,34+/m0/s1. The van der Waals surface area contributed by atoms with Crippen LogP contribution in [0.5, 0.6) is 5.75 Å². The Morgan fingerprint density at radius 3 is 2.27 bits per heavy atom. The van der Waals surface area contributed by atoms with E-state index >= 15 is 0 Å². The molecule has 2 aromatic carbocycles. The molecule has 10 nitrogen and oxygen atoms in total. The van der Waals surface area contributed by atoms with Gasteiger partial charge in [-0.1, -0.05) is 36.9 Å². The summed E-state index contributed by atoms with van der Waals surface area (Å²) in [5, 5.41) is 8.32. The van der Waals surface area contributed by atoms with E-state index in [9.17, 15) is 27.6 Å². The molecule has 2 aromatic rings. The molecule has 0 aromatic heterocycles. The molecule has 0 spiro atoms. The average molecular weight is 710 g/mol. The Bertz CT molecular complexity index is 1460. The number of carbonyl (C=O) groups is 3. The highest BCUT2D eigenvalue weighted by atomic mass is 35.5. The molecule has 0 bridgehead atoms. The maximum absolute atomic E-state index is 14.2. The zero-order valence-electron chi connectivity index (χ0n) is 28.4. The van der Waals surface area contributed by atoms with Gasteiger partial charge < -0.3 is 30.7 Å². The maximum atomic E-state index is 14.2. The van der Waals surface area contributed by atoms with E-state index in [1.165, 1.54) is 42.3 Å². The number of alkyl carbamates (subject to hydrolysis) is 1. The van der Waals surface area contributed by atoms with Crippen LogP contribution in [0.25, 0.3) is 0 Å². The third-order valence-corrected chi connectivity index (χ3v) is 9.23. The molecular formula is C35H47ClF3N5O5. The third kappa shape index (κ3) is 10.2. The number of nitrogens with two attached hydrogens (primary N) is 1. The number of ether oxygens (including phenoxy) is 2. The molecule has 2 aliphatic rings. The number of carbonyl (C=O) groups excluding carboxylic acids is 3. The normalized spacial score (nSPS) is 19.0. The molecule has 2 fully saturated rings. The highest BCUT2D eigenvalue weighted by molar-refractivity contribution is 6.30. The summed E-state index contributed by atoms with van der Waals surface area (Å²) in [4.78, 5) is 42.1. The highest BCUT2D eigenvalue weighted by Crippen LogP contribution is 2.34. The molecule has 4 rings (SSSR count). The smallest absolute Gasteiger partial charge is 0.409 e. The van der Waals surface area contributed by atoms with Gasteiger partial charge in [0.25, 0.3) is 5.91 Å². The second kappa shape index (κ2) is 15.9. The molecular weight excluding hydrogens is 663 g/mol. The number of halogens is 4. The van der Waals surface area contributed by atoms with Gasteiger partial charge in [0.05, 0.1) is 7.11 Å². The van der Waals surface area contributed by atoms with Crippen molar-refractivity contribution in [3.63, 3.8) is 0 Å². The van der Waals surface area contributed by atoms with Crippen LogP contribution in [0.2, 0.25) is 5.02 Å². The Morgan fingerprint density at radius 2 is 1.65 bits per heavy atom. The van der Waals surface area contributed by atoms with E-state index in [-0.39, 0.29) is 24.7 Å². The molecule has 3 amide bonds. The summed E-state index contributed by atoms with van der Waals surface area (Å²) in [6, 6.07) is 7.85. The summed E-state index contributed by atoms with van der Waals surface area (Å²) >= 11 is 6.24. The molecule has 270 valence electrons. The topological polar surface area (TPSA) is 135 Å². The van der Waals surface area contributed by atoms with E-state index in [1.807, 2.05) is 0 Å². The van der Waals surface area contributed by atoms with E-state index in [2.05, 4.69) is 16.0 Å². The quantitative estimate of drug-likeness (QED) is 0.201. The number of alkyl halides is 3. The molecule has 1 heterocycles. The first-order valence-electron chi connectivity index (χ1n) is 16.6. The van der Waals surface area contributed by atoms with Gasteiger partial charge in [-0.2, -0.15) is 13.2 Å². The number of likely N-dealkylation sites (tertiary alicyclic amines) is 1. The molecule has 3 atom stereocenters. The fraction of sp³-hybridized carbons (Fsp3) is 0.571. The van der Waals surface area contributed by atoms with Crippen LogP contribution in [0.3, 0.4) is 0 Å². The van der Waals surface area contributed by atoms with Crippen molar-refractivity contribution < 1.29 is 37.0 Å². The number of nitrogens with zero attached hydrogens (tertiary/aromatic N) is 1. The van der Waals surface area contributed by atoms with Gasteiger partial charge >= 0.3 is 12.3 Å². The fourth-order valence-corrected chi connectivity index (χ4v) is 6.69. The second-order valence-corrected chi connectivity index (χ2v) is 14.2. The fourth-order valence-electron chi connectivity index (χ4n) is 6.50. The van der Waals surface area contributed by atoms with Crippen molar-refractivity contribution in [3.05, 3.63) is 58.6 Å². The lowest BCUT2D eigenvalue weighted by Gasteiger charge is -2.42. The number of rotatable bonds is 11. The molecule has 1 saturated carbocycles. The van der Waals surface area contributed by atoms with Gasteiger partial charge in [0, 0.05) is 36.1 Å². The first kappa shape index (κ1) is 38.1. The van der Waals surface area contributed by atoms with Crippen molar-refractivity contribution in [2.24, 2.45) is 11.7 Å². The van der Waals surface area contributed by atoms with Gasteiger partial charge in [0.1, 0.15) is 23.4 Å². The Morgan fingerprint density at radius 1 is 0.980 bits per heavy atom. The van der Waals surface area contributed by atoms with Crippen LogP contribution in [-0.4, -0.2) is 66.0 Å². The first-order valence-corrected chi connectivity index (χ1v) is 17.0. The number of nitrogens with one attached hydrogen (secondary N) is 3. The van der Waals surface area contributed by atoms with E-state index in [0.717, 1.165) is 19.3 Å². The molecule has 14 heteroatoms. The highest BCUT2D eigenvalue weighted by Gasteiger charge is 2.50. The van der Waals surface area contributed by atoms with Gasteiger partial charge in [0.2, 0.25) is 5.91 Å². The van der Waals surface area contributed by atoms with Gasteiger partial charge in [0.15, 0.2) is 5.66 Å². The summed E-state index contributed by atoms with van der Waals surface area (Å²) in [5.74, 6) is -0.891. The lowest BCUT2D eigenvalue weighted by molar-refractivity contribution is -0.146. The van der Waals surface area contributed by atoms with Crippen LogP contribution < -0.4 is 26.4 Å². The largest absolute Gasteiger partial charge is 0.497 e. The van der Waals surface area contributed by atoms with E-state index in [4.69, 9.17) is 26.8 Å². The van der Waals surface area contributed by atoms with Crippen molar-refractivity contribution in [2.45, 2.75) is 108 Å². The Balaban J connectivity index is 1.49. The second-order valence-electron chi connectivity index (χ2n) is 13.8. The number of methoxy groups -OCH3 is 1. The zero-order valence-corrected chi connectivity index (χ0v) is 29.2. The summed E-state index contributed by atoms with van der Waals surface area (Å²) in [6.45, 7) is 5.26. The first-order chi connectivity index (χ1) is 23.0. The lowest BCUT2D eigenvalue weighted by Crippen LogP contribution is -2.71. The molecule has 1 aliphatic carbocycles. The summed E-state index contributed by atoms with van der Waals surface area (Å²) in [6.07, 6.45) is -0.995. The van der Waals surface area contributed by atoms with Crippen molar-refractivity contribution in [3.8, 4) is 5.75 Å². The van der Waals surface area contributed by atoms with E-state index in [0.29, 0.717) is 47.6 Å². The zero-order chi connectivity index (χ0) is 36.0. The average Bonchev–Trinajstić information content (AvgIpc) is 3.53. The lowest BCUT2D eigenvalue weighted by atomic mass is 9.79. The number of hydrogen-bond donors (Lipinski definition) is 4. The molecule has 5 N–H and O–H groups in total. The van der Waals surface area contributed by atoms with Crippen LogP contribution in [0, 0.1) is 5.92 Å². The number of benzene rings is 2. The molecule has 49 heavy (non-hydrogen) atoms. The van der Waals surface area contributed by atoms with Crippen LogP contribution in [-0.2, 0) is 27.3 Å². The third-order valence-electron chi connectivity index (χ3n) is 9.00. The van der Waals surface area contributed by atoms with Gasteiger partial charge in [-0.05, 0) is 94.0 Å². The molecule has 0 radical (unpaired) electrons. The Kier molecular flexibility index (Phi) is 12.3. The van der Waals surface area contributed by atoms with Crippen LogP contribution in [0.1, 0.15) is 76.8 Å². The minimum atomic E-state index is -4.59. The number of amides is 3. The van der Waals surface area contributed by atoms with Crippen molar-refractivity contribution >= 4 is 35.2 Å². The maximum Gasteiger partial charge on any atom is 0.409 e. The predicted octanol–water partition coefficient (Wildman–Crippen LogP) is 6.30. The SMILES string of the molecule is COc1ccc(NC(Cc2ccc(Cl)cc2CNC(=O)[C@@H]2CCCN2C(=O)[C@](N)(NC(=O)OC(C)(C)C)C2CCCCC2)C(F)(F)F)cc1. The Hall–Kier alpha value is -3.71. The number of hydrogen-bond acceptors (Lipinski definition) is 7. The minimum Gasteiger partial charge on any atom is -0.497 e.